The Morgan fingerprint density at radius 2 is 2.17 bits per heavy atom. The summed E-state index contributed by atoms with van der Waals surface area (Å²) in [6, 6.07) is 4.27. The fourth-order valence-electron chi connectivity index (χ4n) is 1.27. The van der Waals surface area contributed by atoms with Gasteiger partial charge in [0.1, 0.15) is 18.2 Å². The molecular formula is C14H18FNO2. The molecule has 1 rings (SSSR count). The van der Waals surface area contributed by atoms with Crippen LogP contribution in [-0.2, 0) is 0 Å². The van der Waals surface area contributed by atoms with E-state index in [1.54, 1.807) is 6.07 Å². The summed E-state index contributed by atoms with van der Waals surface area (Å²) in [5.41, 5.74) is 0.642. The van der Waals surface area contributed by atoms with Crippen molar-refractivity contribution in [3.05, 3.63) is 29.6 Å². The minimum atomic E-state index is -0.345. The highest BCUT2D eigenvalue weighted by molar-refractivity contribution is 5.46. The van der Waals surface area contributed by atoms with E-state index in [0.29, 0.717) is 24.3 Å². The number of hydrogen-bond donors (Lipinski definition) is 1. The summed E-state index contributed by atoms with van der Waals surface area (Å²) in [7, 11) is 3.88. The van der Waals surface area contributed by atoms with Crippen LogP contribution in [0.1, 0.15) is 12.0 Å². The summed E-state index contributed by atoms with van der Waals surface area (Å²) in [5.74, 6) is 5.76. The molecule has 0 aliphatic rings. The molecule has 3 nitrogen and oxygen atoms in total. The van der Waals surface area contributed by atoms with Crippen LogP contribution in [0.5, 0.6) is 5.75 Å². The Balaban J connectivity index is 2.74. The molecule has 1 aromatic rings. The number of aliphatic hydroxyl groups is 1. The Morgan fingerprint density at radius 3 is 2.83 bits per heavy atom. The van der Waals surface area contributed by atoms with Crippen LogP contribution < -0.4 is 4.74 Å². The average molecular weight is 251 g/mol. The lowest BCUT2D eigenvalue weighted by atomic mass is 10.2. The average Bonchev–Trinajstić information content (AvgIpc) is 2.31. The summed E-state index contributed by atoms with van der Waals surface area (Å²) < 4.78 is 18.7. The molecule has 0 unspecified atom stereocenters. The Bertz CT molecular complexity index is 435. The van der Waals surface area contributed by atoms with E-state index < -0.39 is 0 Å². The molecule has 0 saturated heterocycles. The lowest BCUT2D eigenvalue weighted by molar-refractivity contribution is 0.260. The largest absolute Gasteiger partial charge is 0.491 e. The summed E-state index contributed by atoms with van der Waals surface area (Å²) in [4.78, 5) is 1.98. The quantitative estimate of drug-likeness (QED) is 0.805. The maximum Gasteiger partial charge on any atom is 0.137 e. The molecule has 0 aromatic heterocycles. The summed E-state index contributed by atoms with van der Waals surface area (Å²) in [5, 5.41) is 8.66. The van der Waals surface area contributed by atoms with Gasteiger partial charge >= 0.3 is 0 Å². The van der Waals surface area contributed by atoms with Crippen LogP contribution >= 0.6 is 0 Å². The van der Waals surface area contributed by atoms with Crippen molar-refractivity contribution in [2.75, 3.05) is 33.9 Å². The third kappa shape index (κ3) is 5.17. The smallest absolute Gasteiger partial charge is 0.137 e. The normalized spacial score (nSPS) is 10.1. The number of ether oxygens (including phenoxy) is 1. The van der Waals surface area contributed by atoms with Crippen LogP contribution in [0.2, 0.25) is 0 Å². The van der Waals surface area contributed by atoms with Crippen molar-refractivity contribution in [1.82, 2.24) is 4.90 Å². The summed E-state index contributed by atoms with van der Waals surface area (Å²) in [6.45, 7) is 1.25. The zero-order chi connectivity index (χ0) is 13.4. The fraction of sp³-hybridized carbons (Fsp3) is 0.429. The van der Waals surface area contributed by atoms with E-state index in [-0.39, 0.29) is 12.4 Å². The monoisotopic (exact) mass is 251 g/mol. The molecule has 0 fully saturated rings. The first-order chi connectivity index (χ1) is 8.63. The van der Waals surface area contributed by atoms with Gasteiger partial charge in [-0.15, -0.1) is 0 Å². The predicted molar refractivity (Wildman–Crippen MR) is 69.0 cm³/mol. The van der Waals surface area contributed by atoms with Gasteiger partial charge in [0.25, 0.3) is 0 Å². The topological polar surface area (TPSA) is 32.7 Å². The summed E-state index contributed by atoms with van der Waals surface area (Å²) in [6.07, 6.45) is 0.397. The third-order valence-electron chi connectivity index (χ3n) is 2.20. The van der Waals surface area contributed by atoms with Crippen molar-refractivity contribution < 1.29 is 14.2 Å². The highest BCUT2D eigenvalue weighted by atomic mass is 19.1. The van der Waals surface area contributed by atoms with E-state index in [4.69, 9.17) is 9.84 Å². The maximum atomic E-state index is 13.1. The molecule has 4 heteroatoms. The van der Waals surface area contributed by atoms with Crippen LogP contribution in [-0.4, -0.2) is 43.9 Å². The van der Waals surface area contributed by atoms with Gasteiger partial charge in [-0.25, -0.2) is 4.39 Å². The van der Waals surface area contributed by atoms with Gasteiger partial charge in [0.05, 0.1) is 12.2 Å². The second-order valence-corrected chi connectivity index (χ2v) is 4.07. The number of halogens is 1. The number of benzene rings is 1. The fourth-order valence-corrected chi connectivity index (χ4v) is 1.27. The van der Waals surface area contributed by atoms with Crippen LogP contribution in [0, 0.1) is 17.7 Å². The van der Waals surface area contributed by atoms with Crippen molar-refractivity contribution >= 4 is 0 Å². The van der Waals surface area contributed by atoms with E-state index in [2.05, 4.69) is 11.8 Å². The highest BCUT2D eigenvalue weighted by Gasteiger charge is 2.03. The molecule has 1 aromatic carbocycles. The Morgan fingerprint density at radius 1 is 1.39 bits per heavy atom. The number of aliphatic hydroxyl groups excluding tert-OH is 1. The molecule has 0 heterocycles. The standard InChI is InChI=1S/C14H18FNO2/c1-16(2)8-10-18-14-11-13(15)7-6-12(14)5-3-4-9-17/h6-7,11,17H,4,8-10H2,1-2H3. The third-order valence-corrected chi connectivity index (χ3v) is 2.20. The van der Waals surface area contributed by atoms with Gasteiger partial charge < -0.3 is 14.7 Å². The van der Waals surface area contributed by atoms with Gasteiger partial charge in [-0.05, 0) is 26.2 Å². The molecule has 0 saturated carbocycles. The Kier molecular flexibility index (Phi) is 6.20. The Labute approximate surface area is 107 Å². The first-order valence-corrected chi connectivity index (χ1v) is 5.80. The van der Waals surface area contributed by atoms with Crippen LogP contribution in [0.15, 0.2) is 18.2 Å². The number of hydrogen-bond acceptors (Lipinski definition) is 3. The van der Waals surface area contributed by atoms with E-state index in [0.717, 1.165) is 6.54 Å². The molecular weight excluding hydrogens is 233 g/mol. The second-order valence-electron chi connectivity index (χ2n) is 4.07. The minimum Gasteiger partial charge on any atom is -0.491 e. The molecule has 0 spiro atoms. The van der Waals surface area contributed by atoms with Gasteiger partial charge in [0, 0.05) is 19.0 Å². The second kappa shape index (κ2) is 7.70. The molecule has 18 heavy (non-hydrogen) atoms. The van der Waals surface area contributed by atoms with Crippen molar-refractivity contribution in [1.29, 1.82) is 0 Å². The first-order valence-electron chi connectivity index (χ1n) is 5.80. The number of nitrogens with zero attached hydrogens (tertiary/aromatic N) is 1. The number of likely N-dealkylation sites (N-methyl/N-ethyl adjacent to an activating group) is 1. The first kappa shape index (κ1) is 14.5. The minimum absolute atomic E-state index is 0.0189. The molecule has 0 aliphatic carbocycles. The lowest BCUT2D eigenvalue weighted by Crippen LogP contribution is -2.19. The SMILES string of the molecule is CN(C)CCOc1cc(F)ccc1C#CCCO. The van der Waals surface area contributed by atoms with E-state index >= 15 is 0 Å². The molecule has 0 atom stereocenters. The Hall–Kier alpha value is -1.57. The van der Waals surface area contributed by atoms with Gasteiger partial charge in [0.2, 0.25) is 0 Å². The zero-order valence-electron chi connectivity index (χ0n) is 10.7. The van der Waals surface area contributed by atoms with E-state index in [1.807, 2.05) is 19.0 Å². The van der Waals surface area contributed by atoms with Gasteiger partial charge in [0.15, 0.2) is 0 Å². The van der Waals surface area contributed by atoms with E-state index in [1.165, 1.54) is 12.1 Å². The van der Waals surface area contributed by atoms with Gasteiger partial charge in [-0.2, -0.15) is 0 Å². The molecule has 0 amide bonds. The van der Waals surface area contributed by atoms with Crippen molar-refractivity contribution in [3.63, 3.8) is 0 Å². The highest BCUT2D eigenvalue weighted by Crippen LogP contribution is 2.19. The van der Waals surface area contributed by atoms with Crippen LogP contribution in [0.3, 0.4) is 0 Å². The van der Waals surface area contributed by atoms with Crippen molar-refractivity contribution in [2.45, 2.75) is 6.42 Å². The van der Waals surface area contributed by atoms with Crippen molar-refractivity contribution in [3.8, 4) is 17.6 Å². The molecule has 1 N–H and O–H groups in total. The predicted octanol–water partition coefficient (Wildman–Crippen LogP) is 1.50. The van der Waals surface area contributed by atoms with Crippen molar-refractivity contribution in [2.24, 2.45) is 0 Å². The van der Waals surface area contributed by atoms with Gasteiger partial charge in [-0.3, -0.25) is 0 Å². The molecule has 0 bridgehead atoms. The van der Waals surface area contributed by atoms with E-state index in [9.17, 15) is 4.39 Å². The zero-order valence-corrected chi connectivity index (χ0v) is 10.7. The van der Waals surface area contributed by atoms with Crippen LogP contribution in [0.4, 0.5) is 4.39 Å². The maximum absolute atomic E-state index is 13.1. The molecule has 0 radical (unpaired) electrons. The van der Waals surface area contributed by atoms with Gasteiger partial charge in [-0.1, -0.05) is 11.8 Å². The molecule has 0 aliphatic heterocycles. The summed E-state index contributed by atoms with van der Waals surface area (Å²) >= 11 is 0. The molecule has 98 valence electrons. The van der Waals surface area contributed by atoms with Crippen LogP contribution in [0.25, 0.3) is 0 Å². The number of rotatable bonds is 5. The lowest BCUT2D eigenvalue weighted by Gasteiger charge is -2.12.